The monoisotopic (exact) mass is 348 g/mol. The van der Waals surface area contributed by atoms with Crippen LogP contribution in [0.2, 0.25) is 0 Å². The van der Waals surface area contributed by atoms with Crippen molar-refractivity contribution in [2.75, 3.05) is 10.6 Å². The normalized spacial score (nSPS) is 14.0. The summed E-state index contributed by atoms with van der Waals surface area (Å²) in [4.78, 5) is 24.0. The first-order chi connectivity index (χ1) is 11.8. The number of halogens is 3. The standard InChI is InChI=1S/C18H15F3N2O2/c19-18(20,21)13-8-14(22-16(24)11-4-2-1-3-5-11)10-15(9-13)23-17(25)12-6-7-12/h1-5,8-10,12H,6-7H2,(H,22,24)(H,23,25). The molecule has 3 rings (SSSR count). The van der Waals surface area contributed by atoms with Gasteiger partial charge in [-0.3, -0.25) is 9.59 Å². The van der Waals surface area contributed by atoms with E-state index in [9.17, 15) is 22.8 Å². The molecule has 0 spiro atoms. The van der Waals surface area contributed by atoms with Crippen LogP contribution in [0.15, 0.2) is 48.5 Å². The van der Waals surface area contributed by atoms with Gasteiger partial charge in [0.1, 0.15) is 0 Å². The van der Waals surface area contributed by atoms with Crippen molar-refractivity contribution in [3.8, 4) is 0 Å². The van der Waals surface area contributed by atoms with Gasteiger partial charge >= 0.3 is 6.18 Å². The summed E-state index contributed by atoms with van der Waals surface area (Å²) in [5, 5.41) is 4.92. The van der Waals surface area contributed by atoms with Crippen LogP contribution in [-0.2, 0) is 11.0 Å². The highest BCUT2D eigenvalue weighted by molar-refractivity contribution is 6.04. The average Bonchev–Trinajstić information content (AvgIpc) is 3.39. The second-order valence-corrected chi connectivity index (χ2v) is 5.88. The van der Waals surface area contributed by atoms with Gasteiger partial charge in [0.2, 0.25) is 5.91 Å². The van der Waals surface area contributed by atoms with Crippen molar-refractivity contribution in [3.05, 3.63) is 59.7 Å². The Morgan fingerprint density at radius 3 is 2.08 bits per heavy atom. The molecule has 1 aliphatic rings. The summed E-state index contributed by atoms with van der Waals surface area (Å²) >= 11 is 0. The first kappa shape index (κ1) is 17.0. The van der Waals surface area contributed by atoms with Crippen molar-refractivity contribution < 1.29 is 22.8 Å². The average molecular weight is 348 g/mol. The SMILES string of the molecule is O=C(Nc1cc(NC(=O)C2CC2)cc(C(F)(F)F)c1)c1ccccc1. The Balaban J connectivity index is 1.86. The number of hydrogen-bond donors (Lipinski definition) is 2. The van der Waals surface area contributed by atoms with Gasteiger partial charge in [-0.2, -0.15) is 13.2 Å². The van der Waals surface area contributed by atoms with Gasteiger partial charge in [-0.25, -0.2) is 0 Å². The molecule has 2 N–H and O–H groups in total. The molecule has 0 heterocycles. The smallest absolute Gasteiger partial charge is 0.326 e. The van der Waals surface area contributed by atoms with E-state index in [1.165, 1.54) is 6.07 Å². The van der Waals surface area contributed by atoms with E-state index in [4.69, 9.17) is 0 Å². The molecule has 0 saturated heterocycles. The predicted molar refractivity (Wildman–Crippen MR) is 87.2 cm³/mol. The third-order valence-corrected chi connectivity index (χ3v) is 3.77. The number of carbonyl (C=O) groups is 2. The Bertz CT molecular complexity index is 800. The predicted octanol–water partition coefficient (Wildman–Crippen LogP) is 4.31. The zero-order valence-electron chi connectivity index (χ0n) is 13.1. The second kappa shape index (κ2) is 6.58. The summed E-state index contributed by atoms with van der Waals surface area (Å²) in [6.45, 7) is 0. The van der Waals surface area contributed by atoms with E-state index < -0.39 is 17.6 Å². The van der Waals surface area contributed by atoms with Crippen molar-refractivity contribution in [1.82, 2.24) is 0 Å². The highest BCUT2D eigenvalue weighted by atomic mass is 19.4. The van der Waals surface area contributed by atoms with E-state index in [-0.39, 0.29) is 23.2 Å². The van der Waals surface area contributed by atoms with E-state index in [0.717, 1.165) is 25.0 Å². The van der Waals surface area contributed by atoms with E-state index in [0.29, 0.717) is 5.56 Å². The molecule has 7 heteroatoms. The van der Waals surface area contributed by atoms with E-state index in [2.05, 4.69) is 10.6 Å². The lowest BCUT2D eigenvalue weighted by atomic mass is 10.1. The van der Waals surface area contributed by atoms with Crippen molar-refractivity contribution in [1.29, 1.82) is 0 Å². The van der Waals surface area contributed by atoms with Gasteiger partial charge in [0.15, 0.2) is 0 Å². The maximum Gasteiger partial charge on any atom is 0.416 e. The summed E-state index contributed by atoms with van der Waals surface area (Å²) in [6, 6.07) is 11.2. The number of anilines is 2. The van der Waals surface area contributed by atoms with Crippen molar-refractivity contribution in [3.63, 3.8) is 0 Å². The molecular weight excluding hydrogens is 333 g/mol. The van der Waals surface area contributed by atoms with Crippen LogP contribution in [0.4, 0.5) is 24.5 Å². The van der Waals surface area contributed by atoms with Gasteiger partial charge in [0.25, 0.3) is 5.91 Å². The Kier molecular flexibility index (Phi) is 4.48. The first-order valence-electron chi connectivity index (χ1n) is 7.72. The van der Waals surface area contributed by atoms with Crippen LogP contribution in [0, 0.1) is 5.92 Å². The minimum atomic E-state index is -4.59. The van der Waals surface area contributed by atoms with Crippen LogP contribution in [0.5, 0.6) is 0 Å². The molecule has 1 aliphatic carbocycles. The number of nitrogens with one attached hydrogen (secondary N) is 2. The van der Waals surface area contributed by atoms with Crippen LogP contribution in [0.1, 0.15) is 28.8 Å². The van der Waals surface area contributed by atoms with Crippen molar-refractivity contribution in [2.24, 2.45) is 5.92 Å². The van der Waals surface area contributed by atoms with Gasteiger partial charge in [-0.05, 0) is 43.2 Å². The third-order valence-electron chi connectivity index (χ3n) is 3.77. The van der Waals surface area contributed by atoms with Gasteiger partial charge in [0, 0.05) is 22.9 Å². The molecule has 2 aromatic rings. The number of carbonyl (C=O) groups excluding carboxylic acids is 2. The maximum atomic E-state index is 13.1. The fourth-order valence-corrected chi connectivity index (χ4v) is 2.32. The minimum Gasteiger partial charge on any atom is -0.326 e. The van der Waals surface area contributed by atoms with Crippen LogP contribution in [0.25, 0.3) is 0 Å². The Morgan fingerprint density at radius 1 is 0.920 bits per heavy atom. The molecule has 0 radical (unpaired) electrons. The van der Waals surface area contributed by atoms with Crippen LogP contribution >= 0.6 is 0 Å². The van der Waals surface area contributed by atoms with Gasteiger partial charge in [-0.1, -0.05) is 18.2 Å². The molecule has 1 fully saturated rings. The van der Waals surface area contributed by atoms with E-state index in [1.54, 1.807) is 30.3 Å². The molecular formula is C18H15F3N2O2. The Labute approximate surface area is 142 Å². The van der Waals surface area contributed by atoms with Gasteiger partial charge in [0.05, 0.1) is 5.56 Å². The lowest BCUT2D eigenvalue weighted by molar-refractivity contribution is -0.137. The zero-order chi connectivity index (χ0) is 18.0. The maximum absolute atomic E-state index is 13.1. The molecule has 0 atom stereocenters. The first-order valence-corrected chi connectivity index (χ1v) is 7.72. The van der Waals surface area contributed by atoms with Crippen LogP contribution in [-0.4, -0.2) is 11.8 Å². The molecule has 130 valence electrons. The summed E-state index contributed by atoms with van der Waals surface area (Å²) < 4.78 is 39.3. The Morgan fingerprint density at radius 2 is 1.52 bits per heavy atom. The Hall–Kier alpha value is -2.83. The summed E-state index contributed by atoms with van der Waals surface area (Å²) in [5.74, 6) is -0.976. The lowest BCUT2D eigenvalue weighted by Gasteiger charge is -2.14. The molecule has 0 unspecified atom stereocenters. The third kappa shape index (κ3) is 4.37. The number of benzene rings is 2. The molecule has 1 saturated carbocycles. The van der Waals surface area contributed by atoms with Crippen molar-refractivity contribution in [2.45, 2.75) is 19.0 Å². The summed E-state index contributed by atoms with van der Waals surface area (Å²) in [6.07, 6.45) is -3.11. The molecule has 2 amide bonds. The fourth-order valence-electron chi connectivity index (χ4n) is 2.32. The number of alkyl halides is 3. The zero-order valence-corrected chi connectivity index (χ0v) is 13.1. The minimum absolute atomic E-state index is 0.00934. The van der Waals surface area contributed by atoms with E-state index >= 15 is 0 Å². The van der Waals surface area contributed by atoms with Crippen LogP contribution < -0.4 is 10.6 Å². The number of amides is 2. The number of rotatable bonds is 4. The topological polar surface area (TPSA) is 58.2 Å². The molecule has 0 bridgehead atoms. The molecule has 4 nitrogen and oxygen atoms in total. The van der Waals surface area contributed by atoms with Gasteiger partial charge in [-0.15, -0.1) is 0 Å². The highest BCUT2D eigenvalue weighted by Gasteiger charge is 2.33. The van der Waals surface area contributed by atoms with Crippen molar-refractivity contribution >= 4 is 23.2 Å². The fraction of sp³-hybridized carbons (Fsp3) is 0.222. The largest absolute Gasteiger partial charge is 0.416 e. The highest BCUT2D eigenvalue weighted by Crippen LogP contribution is 2.35. The molecule has 2 aromatic carbocycles. The summed E-state index contributed by atoms with van der Waals surface area (Å²) in [5.41, 5.74) is -0.641. The van der Waals surface area contributed by atoms with Crippen LogP contribution in [0.3, 0.4) is 0 Å². The second-order valence-electron chi connectivity index (χ2n) is 5.88. The molecule has 0 aromatic heterocycles. The lowest BCUT2D eigenvalue weighted by Crippen LogP contribution is -2.16. The molecule has 25 heavy (non-hydrogen) atoms. The molecule has 0 aliphatic heterocycles. The van der Waals surface area contributed by atoms with Gasteiger partial charge < -0.3 is 10.6 Å². The number of hydrogen-bond acceptors (Lipinski definition) is 2. The summed E-state index contributed by atoms with van der Waals surface area (Å²) in [7, 11) is 0. The quantitative estimate of drug-likeness (QED) is 0.865. The van der Waals surface area contributed by atoms with E-state index in [1.807, 2.05) is 0 Å².